The predicted octanol–water partition coefficient (Wildman–Crippen LogP) is -3.53. The first-order valence-electron chi connectivity index (χ1n) is 9.96. The number of carboxylic acids is 1. The zero-order valence-corrected chi connectivity index (χ0v) is 19.4. The first kappa shape index (κ1) is 23.2. The number of benzene rings is 1. The minimum Gasteiger partial charge on any atom is -0.543 e. The second-order valence-electron chi connectivity index (χ2n) is 7.69. The topological polar surface area (TPSA) is 102 Å². The molecule has 3 atom stereocenters. The molecule has 1 N–H and O–H groups in total. The molecule has 3 aliphatic heterocycles. The smallest absolute Gasteiger partial charge is 0.543 e. The first-order valence-corrected chi connectivity index (χ1v) is 9.96. The molecule has 9 heteroatoms. The van der Waals surface area contributed by atoms with Crippen LogP contribution in [0.1, 0.15) is 18.9 Å². The summed E-state index contributed by atoms with van der Waals surface area (Å²) in [6.07, 6.45) is -0.421. The third kappa shape index (κ3) is 4.44. The van der Waals surface area contributed by atoms with Crippen LogP contribution in [0.3, 0.4) is 0 Å². The molecule has 156 valence electrons. The van der Waals surface area contributed by atoms with Gasteiger partial charge in [-0.1, -0.05) is 12.1 Å². The Balaban J connectivity index is 0.00000256. The number of morpholine rings is 1. The van der Waals surface area contributed by atoms with Crippen LogP contribution in [0.2, 0.25) is 0 Å². The maximum absolute atomic E-state index is 12.3. The summed E-state index contributed by atoms with van der Waals surface area (Å²) in [6, 6.07) is 6.89. The minimum absolute atomic E-state index is 0. The fourth-order valence-electron chi connectivity index (χ4n) is 4.39. The van der Waals surface area contributed by atoms with Gasteiger partial charge in [0.1, 0.15) is 12.4 Å². The van der Waals surface area contributed by atoms with Gasteiger partial charge in [-0.2, -0.15) is 0 Å². The van der Waals surface area contributed by atoms with Gasteiger partial charge in [-0.3, -0.25) is 9.69 Å². The monoisotopic (exact) mass is 424 g/mol. The van der Waals surface area contributed by atoms with E-state index in [0.717, 1.165) is 38.4 Å². The number of carboxylic acid groups (broad SMARTS) is 1. The molecule has 0 aliphatic carbocycles. The summed E-state index contributed by atoms with van der Waals surface area (Å²) in [6.45, 7) is 6.26. The Labute approximate surface area is 197 Å². The van der Waals surface area contributed by atoms with E-state index >= 15 is 0 Å². The molecule has 0 unspecified atom stereocenters. The average molecular weight is 424 g/mol. The molecule has 0 bridgehead atoms. The Kier molecular flexibility index (Phi) is 7.60. The van der Waals surface area contributed by atoms with Crippen LogP contribution in [-0.4, -0.2) is 78.4 Å². The first-order chi connectivity index (χ1) is 14.0. The Hall–Kier alpha value is -1.42. The van der Waals surface area contributed by atoms with Crippen LogP contribution in [0.4, 0.5) is 0 Å². The largest absolute Gasteiger partial charge is 1.00 e. The van der Waals surface area contributed by atoms with Crippen LogP contribution in [0.25, 0.3) is 5.57 Å². The van der Waals surface area contributed by atoms with Gasteiger partial charge in [0.25, 0.3) is 0 Å². The molecule has 2 saturated heterocycles. The Morgan fingerprint density at radius 1 is 1.30 bits per heavy atom. The molecule has 3 heterocycles. The molecule has 3 aliphatic rings. The van der Waals surface area contributed by atoms with Crippen molar-refractivity contribution < 1.29 is 58.8 Å². The van der Waals surface area contributed by atoms with Crippen LogP contribution < -0.4 is 39.4 Å². The summed E-state index contributed by atoms with van der Waals surface area (Å²) >= 11 is 0. The molecule has 1 amide bonds. The summed E-state index contributed by atoms with van der Waals surface area (Å²) in [7, 11) is 0. The fourth-order valence-corrected chi connectivity index (χ4v) is 4.39. The number of hydrogen-bond donors (Lipinski definition) is 1. The van der Waals surface area contributed by atoms with Crippen molar-refractivity contribution in [1.82, 2.24) is 9.80 Å². The molecule has 30 heavy (non-hydrogen) atoms. The maximum Gasteiger partial charge on any atom is 1.00 e. The van der Waals surface area contributed by atoms with Crippen molar-refractivity contribution in [3.63, 3.8) is 0 Å². The number of ether oxygens (including phenoxy) is 2. The van der Waals surface area contributed by atoms with Crippen LogP contribution in [0, 0.1) is 5.92 Å². The van der Waals surface area contributed by atoms with Crippen LogP contribution >= 0.6 is 0 Å². The van der Waals surface area contributed by atoms with Crippen molar-refractivity contribution in [3.05, 3.63) is 35.5 Å². The van der Waals surface area contributed by atoms with E-state index in [-0.39, 0.29) is 47.2 Å². The molecule has 4 rings (SSSR count). The van der Waals surface area contributed by atoms with E-state index in [9.17, 15) is 19.8 Å². The third-order valence-electron chi connectivity index (χ3n) is 5.90. The number of carbonyl (C=O) groups is 2. The Bertz CT molecular complexity index is 819. The van der Waals surface area contributed by atoms with E-state index in [0.29, 0.717) is 24.4 Å². The fraction of sp³-hybridized carbons (Fsp3) is 0.524. The molecule has 1 aromatic rings. The maximum atomic E-state index is 12.3. The SMILES string of the molecule is C[C@@H](O)[C@H]1C(=O)N2C(C(=O)[O-])=C(c3ccc(OCCN4CCOCC4)cc3)C[C@H]12.[Na+]. The molecule has 0 radical (unpaired) electrons. The van der Waals surface area contributed by atoms with Crippen molar-refractivity contribution >= 4 is 17.4 Å². The molecule has 0 aromatic heterocycles. The number of amides is 1. The summed E-state index contributed by atoms with van der Waals surface area (Å²) < 4.78 is 11.1. The number of rotatable bonds is 7. The van der Waals surface area contributed by atoms with E-state index in [1.807, 2.05) is 0 Å². The van der Waals surface area contributed by atoms with Gasteiger partial charge in [-0.15, -0.1) is 0 Å². The molecule has 1 aromatic carbocycles. The van der Waals surface area contributed by atoms with Gasteiger partial charge in [-0.05, 0) is 36.6 Å². The zero-order valence-electron chi connectivity index (χ0n) is 17.4. The third-order valence-corrected chi connectivity index (χ3v) is 5.90. The summed E-state index contributed by atoms with van der Waals surface area (Å²) in [4.78, 5) is 27.5. The number of aliphatic hydroxyl groups excluding tert-OH is 1. The van der Waals surface area contributed by atoms with Gasteiger partial charge in [0.2, 0.25) is 5.91 Å². The number of aliphatic carboxylic acids is 1. The van der Waals surface area contributed by atoms with Crippen molar-refractivity contribution in [3.8, 4) is 5.75 Å². The summed E-state index contributed by atoms with van der Waals surface area (Å²) in [5.74, 6) is -1.59. The molecule has 8 nitrogen and oxygen atoms in total. The van der Waals surface area contributed by atoms with Crippen molar-refractivity contribution in [2.24, 2.45) is 5.92 Å². The van der Waals surface area contributed by atoms with Gasteiger partial charge in [0.05, 0.1) is 42.9 Å². The van der Waals surface area contributed by atoms with E-state index in [4.69, 9.17) is 9.47 Å². The average Bonchev–Trinajstić information content (AvgIpc) is 3.04. The van der Waals surface area contributed by atoms with Crippen LogP contribution in [-0.2, 0) is 14.3 Å². The number of fused-ring (bicyclic) bond motifs is 1. The normalized spacial score (nSPS) is 24.7. The number of carbonyl (C=O) groups excluding carboxylic acids is 2. The van der Waals surface area contributed by atoms with Crippen LogP contribution in [0.15, 0.2) is 30.0 Å². The number of nitrogens with zero attached hydrogens (tertiary/aromatic N) is 2. The second-order valence-corrected chi connectivity index (χ2v) is 7.69. The predicted molar refractivity (Wildman–Crippen MR) is 102 cm³/mol. The molecule has 0 spiro atoms. The number of hydrogen-bond acceptors (Lipinski definition) is 7. The standard InChI is InChI=1S/C21H26N2O6.Na/c1-13(24)18-17-12-16(19(21(26)27)23(17)20(18)25)14-2-4-15(5-3-14)29-11-8-22-6-9-28-10-7-22;/h2-5,13,17-18,24H,6-12H2,1H3,(H,26,27);/q;+1/p-1/t13-,17-,18-;/m1./s1. The molecule has 0 saturated carbocycles. The molecular weight excluding hydrogens is 399 g/mol. The van der Waals surface area contributed by atoms with E-state index in [1.165, 1.54) is 4.90 Å². The summed E-state index contributed by atoms with van der Waals surface area (Å²) in [5.41, 5.74) is 1.19. The van der Waals surface area contributed by atoms with Crippen LogP contribution in [0.5, 0.6) is 5.75 Å². The Morgan fingerprint density at radius 2 is 1.97 bits per heavy atom. The van der Waals surface area contributed by atoms with Crippen molar-refractivity contribution in [2.75, 3.05) is 39.5 Å². The van der Waals surface area contributed by atoms with Gasteiger partial charge >= 0.3 is 29.6 Å². The van der Waals surface area contributed by atoms with E-state index in [2.05, 4.69) is 4.90 Å². The minimum atomic E-state index is -1.37. The van der Waals surface area contributed by atoms with Gasteiger partial charge in [0.15, 0.2) is 0 Å². The molecule has 2 fully saturated rings. The van der Waals surface area contributed by atoms with Gasteiger partial charge < -0.3 is 29.4 Å². The quantitative estimate of drug-likeness (QED) is 0.358. The number of β-lactam (4-membered cyclic amide) rings is 1. The van der Waals surface area contributed by atoms with E-state index < -0.39 is 18.0 Å². The second kappa shape index (κ2) is 9.80. The summed E-state index contributed by atoms with van der Waals surface area (Å²) in [5, 5.41) is 21.5. The van der Waals surface area contributed by atoms with Gasteiger partial charge in [0, 0.05) is 19.6 Å². The van der Waals surface area contributed by atoms with Gasteiger partial charge in [-0.25, -0.2) is 0 Å². The van der Waals surface area contributed by atoms with Crippen molar-refractivity contribution in [2.45, 2.75) is 25.5 Å². The Morgan fingerprint density at radius 3 is 2.57 bits per heavy atom. The number of aliphatic hydroxyl groups is 1. The van der Waals surface area contributed by atoms with E-state index in [1.54, 1.807) is 31.2 Å². The molecular formula is C21H25N2NaO6. The van der Waals surface area contributed by atoms with Crippen molar-refractivity contribution in [1.29, 1.82) is 0 Å². The zero-order chi connectivity index (χ0) is 20.5.